The summed E-state index contributed by atoms with van der Waals surface area (Å²) in [6, 6.07) is 18.2. The van der Waals surface area contributed by atoms with E-state index in [0.717, 1.165) is 55.4 Å². The summed E-state index contributed by atoms with van der Waals surface area (Å²) in [7, 11) is -3.02. The van der Waals surface area contributed by atoms with Gasteiger partial charge in [0.05, 0.1) is 11.4 Å². The van der Waals surface area contributed by atoms with E-state index in [0.29, 0.717) is 0 Å². The van der Waals surface area contributed by atoms with E-state index in [4.69, 9.17) is 4.98 Å². The molecule has 6 heteroatoms. The maximum absolute atomic E-state index is 11.5. The highest BCUT2D eigenvalue weighted by atomic mass is 32.2. The van der Waals surface area contributed by atoms with Crippen LogP contribution in [0.4, 0.5) is 5.82 Å². The van der Waals surface area contributed by atoms with Gasteiger partial charge in [0, 0.05) is 37.8 Å². The van der Waals surface area contributed by atoms with Crippen molar-refractivity contribution in [2.45, 2.75) is 12.7 Å². The van der Waals surface area contributed by atoms with Crippen LogP contribution >= 0.6 is 0 Å². The first-order valence-electron chi connectivity index (χ1n) is 10.7. The van der Waals surface area contributed by atoms with Crippen molar-refractivity contribution in [1.82, 2.24) is 9.88 Å². The van der Waals surface area contributed by atoms with E-state index in [1.165, 1.54) is 17.0 Å². The first-order valence-corrected chi connectivity index (χ1v) is 12.8. The zero-order chi connectivity index (χ0) is 21.8. The van der Waals surface area contributed by atoms with E-state index >= 15 is 0 Å². The summed E-state index contributed by atoms with van der Waals surface area (Å²) in [5.41, 5.74) is 2.74. The first kappa shape index (κ1) is 21.5. The van der Waals surface area contributed by atoms with E-state index < -0.39 is 9.84 Å². The standard InChI is InChI=1S/C25H29N3O2S/c1-3-27-14-16-28(17-15-27)25-24-7-5-4-6-22(24)18-23(26-25)13-12-20-8-10-21(11-9-20)19-31(2,29)30/h4-13,18H,3,14-17,19H2,1-2H3/b13-12+. The SMILES string of the molecule is CCN1CCN(c2nc(/C=C/c3ccc(CS(C)(=O)=O)cc3)cc3ccccc23)CC1. The molecule has 3 aromatic rings. The molecule has 5 nitrogen and oxygen atoms in total. The van der Waals surface area contributed by atoms with Crippen LogP contribution < -0.4 is 4.90 Å². The maximum Gasteiger partial charge on any atom is 0.151 e. The quantitative estimate of drug-likeness (QED) is 0.584. The molecule has 0 spiro atoms. The molecular formula is C25H29N3O2S. The van der Waals surface area contributed by atoms with Crippen LogP contribution in [0.15, 0.2) is 54.6 Å². The van der Waals surface area contributed by atoms with Crippen molar-refractivity contribution in [3.05, 3.63) is 71.4 Å². The lowest BCUT2D eigenvalue weighted by atomic mass is 10.1. The molecule has 4 rings (SSSR count). The lowest BCUT2D eigenvalue weighted by molar-refractivity contribution is 0.271. The summed E-state index contributed by atoms with van der Waals surface area (Å²) in [6.45, 7) is 7.40. The number of hydrogen-bond acceptors (Lipinski definition) is 5. The van der Waals surface area contributed by atoms with Crippen LogP contribution in [-0.4, -0.2) is 57.3 Å². The van der Waals surface area contributed by atoms with Crippen LogP contribution in [0.5, 0.6) is 0 Å². The second-order valence-electron chi connectivity index (χ2n) is 8.16. The van der Waals surface area contributed by atoms with Crippen LogP contribution in [0.1, 0.15) is 23.7 Å². The smallest absolute Gasteiger partial charge is 0.151 e. The Balaban J connectivity index is 1.59. The molecule has 0 aliphatic carbocycles. The maximum atomic E-state index is 11.5. The summed E-state index contributed by atoms with van der Waals surface area (Å²) < 4.78 is 22.9. The third kappa shape index (κ3) is 5.51. The van der Waals surface area contributed by atoms with Gasteiger partial charge in [-0.3, -0.25) is 0 Å². The zero-order valence-corrected chi connectivity index (χ0v) is 19.0. The summed E-state index contributed by atoms with van der Waals surface area (Å²) in [5.74, 6) is 1.12. The predicted octanol–water partition coefficient (Wildman–Crippen LogP) is 4.09. The number of hydrogen-bond donors (Lipinski definition) is 0. The fraction of sp³-hybridized carbons (Fsp3) is 0.320. The zero-order valence-electron chi connectivity index (χ0n) is 18.2. The van der Waals surface area contributed by atoms with Crippen molar-refractivity contribution in [2.75, 3.05) is 43.9 Å². The van der Waals surface area contributed by atoms with Gasteiger partial charge in [-0.1, -0.05) is 61.5 Å². The summed E-state index contributed by atoms with van der Waals surface area (Å²) in [4.78, 5) is 9.86. The molecule has 0 saturated carbocycles. The molecule has 0 bridgehead atoms. The number of nitrogens with zero attached hydrogens (tertiary/aromatic N) is 3. The van der Waals surface area contributed by atoms with Gasteiger partial charge in [0.1, 0.15) is 5.82 Å². The van der Waals surface area contributed by atoms with Crippen molar-refractivity contribution in [2.24, 2.45) is 0 Å². The highest BCUT2D eigenvalue weighted by Gasteiger charge is 2.19. The number of piperazine rings is 1. The lowest BCUT2D eigenvalue weighted by Gasteiger charge is -2.35. The van der Waals surface area contributed by atoms with E-state index in [2.05, 4.69) is 47.1 Å². The number of likely N-dealkylation sites (N-methyl/N-ethyl adjacent to an activating group) is 1. The minimum absolute atomic E-state index is 0.0673. The van der Waals surface area contributed by atoms with Crippen LogP contribution in [0.2, 0.25) is 0 Å². The van der Waals surface area contributed by atoms with Gasteiger partial charge in [0.2, 0.25) is 0 Å². The van der Waals surface area contributed by atoms with Gasteiger partial charge in [-0.05, 0) is 35.2 Å². The first-order chi connectivity index (χ1) is 14.9. The molecule has 1 fully saturated rings. The number of fused-ring (bicyclic) bond motifs is 1. The Labute approximate surface area is 184 Å². The van der Waals surface area contributed by atoms with Crippen molar-refractivity contribution in [3.8, 4) is 0 Å². The fourth-order valence-electron chi connectivity index (χ4n) is 4.01. The molecule has 0 amide bonds. The van der Waals surface area contributed by atoms with Crippen molar-refractivity contribution < 1.29 is 8.42 Å². The third-order valence-corrected chi connectivity index (χ3v) is 6.57. The van der Waals surface area contributed by atoms with E-state index in [9.17, 15) is 8.42 Å². The van der Waals surface area contributed by atoms with Crippen LogP contribution in [-0.2, 0) is 15.6 Å². The van der Waals surface area contributed by atoms with Gasteiger partial charge < -0.3 is 9.80 Å². The molecule has 31 heavy (non-hydrogen) atoms. The summed E-state index contributed by atoms with van der Waals surface area (Å²) >= 11 is 0. The average Bonchev–Trinajstić information content (AvgIpc) is 2.77. The fourth-order valence-corrected chi connectivity index (χ4v) is 4.81. The number of anilines is 1. The van der Waals surface area contributed by atoms with Gasteiger partial charge in [0.15, 0.2) is 9.84 Å². The number of rotatable bonds is 6. The largest absolute Gasteiger partial charge is 0.354 e. The van der Waals surface area contributed by atoms with Gasteiger partial charge in [-0.2, -0.15) is 0 Å². The van der Waals surface area contributed by atoms with Crippen LogP contribution in [0, 0.1) is 0 Å². The van der Waals surface area contributed by atoms with Crippen LogP contribution in [0.25, 0.3) is 22.9 Å². The highest BCUT2D eigenvalue weighted by molar-refractivity contribution is 7.89. The molecule has 162 valence electrons. The Kier molecular flexibility index (Phi) is 6.39. The van der Waals surface area contributed by atoms with Gasteiger partial charge in [-0.25, -0.2) is 13.4 Å². The Morgan fingerprint density at radius 1 is 0.968 bits per heavy atom. The third-order valence-electron chi connectivity index (χ3n) is 5.71. The van der Waals surface area contributed by atoms with E-state index in [-0.39, 0.29) is 5.75 Å². The van der Waals surface area contributed by atoms with Gasteiger partial charge in [-0.15, -0.1) is 0 Å². The molecule has 1 aliphatic rings. The van der Waals surface area contributed by atoms with E-state index in [1.54, 1.807) is 0 Å². The summed E-state index contributed by atoms with van der Waals surface area (Å²) in [6.07, 6.45) is 5.32. The molecule has 0 unspecified atom stereocenters. The molecule has 0 atom stereocenters. The lowest BCUT2D eigenvalue weighted by Crippen LogP contribution is -2.46. The topological polar surface area (TPSA) is 53.5 Å². The number of pyridine rings is 1. The second kappa shape index (κ2) is 9.20. The van der Waals surface area contributed by atoms with Gasteiger partial charge >= 0.3 is 0 Å². The number of benzene rings is 2. The Hall–Kier alpha value is -2.70. The van der Waals surface area contributed by atoms with Crippen LogP contribution in [0.3, 0.4) is 0 Å². The molecule has 2 heterocycles. The molecular weight excluding hydrogens is 406 g/mol. The Bertz CT molecular complexity index is 1180. The minimum atomic E-state index is -3.02. The molecule has 2 aromatic carbocycles. The van der Waals surface area contributed by atoms with Crippen molar-refractivity contribution >= 4 is 38.6 Å². The van der Waals surface area contributed by atoms with Gasteiger partial charge in [0.25, 0.3) is 0 Å². The Morgan fingerprint density at radius 2 is 1.68 bits per heavy atom. The highest BCUT2D eigenvalue weighted by Crippen LogP contribution is 2.27. The molecule has 1 aromatic heterocycles. The minimum Gasteiger partial charge on any atom is -0.354 e. The average molecular weight is 436 g/mol. The molecule has 0 radical (unpaired) electrons. The monoisotopic (exact) mass is 435 g/mol. The van der Waals surface area contributed by atoms with Crippen molar-refractivity contribution in [1.29, 1.82) is 0 Å². The Morgan fingerprint density at radius 3 is 2.35 bits per heavy atom. The molecule has 1 saturated heterocycles. The second-order valence-corrected chi connectivity index (χ2v) is 10.3. The van der Waals surface area contributed by atoms with Crippen molar-refractivity contribution in [3.63, 3.8) is 0 Å². The summed E-state index contributed by atoms with van der Waals surface area (Å²) in [5, 5.41) is 2.38. The number of sulfone groups is 1. The molecule has 1 aliphatic heterocycles. The normalized spacial score (nSPS) is 15.7. The predicted molar refractivity (Wildman–Crippen MR) is 130 cm³/mol. The number of aromatic nitrogens is 1. The van der Waals surface area contributed by atoms with E-state index in [1.807, 2.05) is 36.4 Å². The molecule has 0 N–H and O–H groups in total.